The molecule has 0 unspecified atom stereocenters. The summed E-state index contributed by atoms with van der Waals surface area (Å²) in [4.78, 5) is 21.1. The van der Waals surface area contributed by atoms with Crippen LogP contribution >= 0.6 is 11.6 Å². The summed E-state index contributed by atoms with van der Waals surface area (Å²) < 4.78 is 9.95. The number of ether oxygens (including phenoxy) is 1. The zero-order valence-corrected chi connectivity index (χ0v) is 14.2. The van der Waals surface area contributed by atoms with Crippen molar-refractivity contribution in [3.8, 4) is 11.3 Å². The van der Waals surface area contributed by atoms with Crippen LogP contribution in [-0.2, 0) is 11.3 Å². The highest BCUT2D eigenvalue weighted by molar-refractivity contribution is 6.33. The number of nitrogens with zero attached hydrogens (tertiary/aromatic N) is 3. The van der Waals surface area contributed by atoms with E-state index in [-0.39, 0.29) is 6.61 Å². The van der Waals surface area contributed by atoms with Gasteiger partial charge in [0, 0.05) is 16.0 Å². The summed E-state index contributed by atoms with van der Waals surface area (Å²) in [6.07, 6.45) is 1.18. The number of rotatable bonds is 4. The Morgan fingerprint density at radius 1 is 1.12 bits per heavy atom. The van der Waals surface area contributed by atoms with Crippen molar-refractivity contribution in [2.24, 2.45) is 0 Å². The Morgan fingerprint density at radius 3 is 2.73 bits per heavy atom. The third kappa shape index (κ3) is 3.14. The summed E-state index contributed by atoms with van der Waals surface area (Å²) >= 11 is 6.29. The molecule has 0 radical (unpaired) electrons. The fourth-order valence-corrected chi connectivity index (χ4v) is 2.85. The Bertz CT molecular complexity index is 1080. The lowest BCUT2D eigenvalue weighted by molar-refractivity contribution is 0.0462. The number of carbonyl (C=O) groups is 1. The minimum atomic E-state index is -0.498. The summed E-state index contributed by atoms with van der Waals surface area (Å²) in [5.41, 5.74) is 2.42. The number of esters is 1. The second-order valence-corrected chi connectivity index (χ2v) is 5.88. The average Bonchev–Trinajstić information content (AvgIpc) is 3.19. The number of aromatic nitrogens is 3. The monoisotopic (exact) mass is 365 g/mol. The van der Waals surface area contributed by atoms with E-state index >= 15 is 0 Å². The first-order chi connectivity index (χ1) is 12.7. The molecule has 0 fully saturated rings. The fourth-order valence-electron chi connectivity index (χ4n) is 2.62. The van der Waals surface area contributed by atoms with Crippen LogP contribution in [0.15, 0.2) is 65.5 Å². The molecule has 0 aliphatic heterocycles. The molecule has 2 aromatic heterocycles. The Kier molecular flexibility index (Phi) is 4.33. The Labute approximate surface area is 153 Å². The number of hydrogen-bond donors (Lipinski definition) is 0. The molecule has 0 atom stereocenters. The van der Waals surface area contributed by atoms with E-state index < -0.39 is 5.97 Å². The van der Waals surface area contributed by atoms with Crippen LogP contribution in [0, 0.1) is 0 Å². The third-order valence-electron chi connectivity index (χ3n) is 3.83. The maximum absolute atomic E-state index is 12.7. The van der Waals surface area contributed by atoms with E-state index in [1.165, 1.54) is 6.39 Å². The van der Waals surface area contributed by atoms with E-state index in [1.54, 1.807) is 12.1 Å². The third-order valence-corrected chi connectivity index (χ3v) is 4.15. The molecule has 0 aliphatic rings. The summed E-state index contributed by atoms with van der Waals surface area (Å²) in [5, 5.41) is 4.88. The van der Waals surface area contributed by atoms with E-state index in [9.17, 15) is 4.79 Å². The van der Waals surface area contributed by atoms with Crippen LogP contribution in [0.1, 0.15) is 16.2 Å². The fraction of sp³-hybridized carbons (Fsp3) is 0.0526. The van der Waals surface area contributed by atoms with E-state index in [4.69, 9.17) is 16.3 Å². The van der Waals surface area contributed by atoms with E-state index in [0.717, 1.165) is 5.56 Å². The zero-order chi connectivity index (χ0) is 17.9. The van der Waals surface area contributed by atoms with Crippen molar-refractivity contribution in [3.05, 3.63) is 77.4 Å². The van der Waals surface area contributed by atoms with Crippen molar-refractivity contribution in [2.45, 2.75) is 6.61 Å². The van der Waals surface area contributed by atoms with Gasteiger partial charge in [0.05, 0.1) is 16.8 Å². The molecule has 128 valence electrons. The SMILES string of the molecule is O=C(OCc1ncon1)c1cc(-c2ccccc2Cl)nc2ccccc12. The molecule has 0 aliphatic carbocycles. The van der Waals surface area contributed by atoms with Gasteiger partial charge in [-0.2, -0.15) is 4.98 Å². The quantitative estimate of drug-likeness (QED) is 0.502. The van der Waals surface area contributed by atoms with Gasteiger partial charge in [0.2, 0.25) is 12.2 Å². The van der Waals surface area contributed by atoms with Gasteiger partial charge in [0.25, 0.3) is 0 Å². The maximum atomic E-state index is 12.7. The van der Waals surface area contributed by atoms with E-state index in [1.807, 2.05) is 42.5 Å². The smallest absolute Gasteiger partial charge is 0.339 e. The minimum Gasteiger partial charge on any atom is -0.454 e. The molecule has 0 N–H and O–H groups in total. The first-order valence-electron chi connectivity index (χ1n) is 7.79. The molecule has 0 saturated heterocycles. The van der Waals surface area contributed by atoms with Gasteiger partial charge in [-0.25, -0.2) is 9.78 Å². The molecule has 4 aromatic rings. The number of pyridine rings is 1. The Hall–Kier alpha value is -3.25. The number of benzene rings is 2. The molecule has 0 spiro atoms. The van der Waals surface area contributed by atoms with Crippen LogP contribution in [0.4, 0.5) is 0 Å². The van der Waals surface area contributed by atoms with Crippen molar-refractivity contribution in [1.82, 2.24) is 15.1 Å². The van der Waals surface area contributed by atoms with Crippen LogP contribution in [0.2, 0.25) is 5.02 Å². The highest BCUT2D eigenvalue weighted by Gasteiger charge is 2.17. The predicted molar refractivity (Wildman–Crippen MR) is 95.6 cm³/mol. The Balaban J connectivity index is 1.77. The molecular formula is C19H12ClN3O3. The Morgan fingerprint density at radius 2 is 1.92 bits per heavy atom. The summed E-state index contributed by atoms with van der Waals surface area (Å²) in [6, 6.07) is 16.4. The summed E-state index contributed by atoms with van der Waals surface area (Å²) in [5.74, 6) is -0.204. The van der Waals surface area contributed by atoms with Crippen molar-refractivity contribution >= 4 is 28.5 Å². The van der Waals surface area contributed by atoms with Gasteiger partial charge in [0.15, 0.2) is 6.61 Å². The van der Waals surface area contributed by atoms with Gasteiger partial charge in [-0.1, -0.05) is 53.2 Å². The molecular weight excluding hydrogens is 354 g/mol. The molecule has 7 heteroatoms. The number of para-hydroxylation sites is 1. The highest BCUT2D eigenvalue weighted by atomic mass is 35.5. The largest absolute Gasteiger partial charge is 0.454 e. The average molecular weight is 366 g/mol. The van der Waals surface area contributed by atoms with Gasteiger partial charge >= 0.3 is 5.97 Å². The summed E-state index contributed by atoms with van der Waals surface area (Å²) in [6.45, 7) is -0.0760. The van der Waals surface area contributed by atoms with E-state index in [0.29, 0.717) is 33.0 Å². The van der Waals surface area contributed by atoms with Crippen molar-refractivity contribution < 1.29 is 14.1 Å². The van der Waals surface area contributed by atoms with Crippen LogP contribution in [-0.4, -0.2) is 21.1 Å². The maximum Gasteiger partial charge on any atom is 0.339 e. The van der Waals surface area contributed by atoms with Crippen molar-refractivity contribution in [3.63, 3.8) is 0 Å². The van der Waals surface area contributed by atoms with Crippen molar-refractivity contribution in [1.29, 1.82) is 0 Å². The standard InChI is InChI=1S/C19H12ClN3O3/c20-15-7-3-1-6-13(15)17-9-14(12-5-2-4-8-16(12)22-17)19(24)25-10-18-21-11-26-23-18/h1-9,11H,10H2. The zero-order valence-electron chi connectivity index (χ0n) is 13.4. The van der Waals surface area contributed by atoms with Gasteiger partial charge < -0.3 is 9.26 Å². The second-order valence-electron chi connectivity index (χ2n) is 5.48. The number of fused-ring (bicyclic) bond motifs is 1. The van der Waals surface area contributed by atoms with Gasteiger partial charge in [0.1, 0.15) is 0 Å². The first kappa shape index (κ1) is 16.2. The number of halogens is 1. The molecule has 2 heterocycles. The highest BCUT2D eigenvalue weighted by Crippen LogP contribution is 2.30. The lowest BCUT2D eigenvalue weighted by atomic mass is 10.0. The lowest BCUT2D eigenvalue weighted by Gasteiger charge is -2.10. The van der Waals surface area contributed by atoms with Gasteiger partial charge in [-0.15, -0.1) is 0 Å². The van der Waals surface area contributed by atoms with Gasteiger partial charge in [-0.3, -0.25) is 0 Å². The molecule has 0 saturated carbocycles. The topological polar surface area (TPSA) is 78.1 Å². The normalized spacial score (nSPS) is 10.8. The molecule has 2 aromatic carbocycles. The predicted octanol–water partition coefficient (Wildman–Crippen LogP) is 4.30. The molecule has 6 nitrogen and oxygen atoms in total. The molecule has 0 amide bonds. The summed E-state index contributed by atoms with van der Waals surface area (Å²) in [7, 11) is 0. The second kappa shape index (κ2) is 6.93. The van der Waals surface area contributed by atoms with Crippen molar-refractivity contribution in [2.75, 3.05) is 0 Å². The first-order valence-corrected chi connectivity index (χ1v) is 8.17. The molecule has 4 rings (SSSR count). The van der Waals surface area contributed by atoms with Crippen LogP contribution in [0.3, 0.4) is 0 Å². The van der Waals surface area contributed by atoms with E-state index in [2.05, 4.69) is 19.6 Å². The lowest BCUT2D eigenvalue weighted by Crippen LogP contribution is -2.08. The molecule has 0 bridgehead atoms. The van der Waals surface area contributed by atoms with Crippen LogP contribution < -0.4 is 0 Å². The number of hydrogen-bond acceptors (Lipinski definition) is 6. The van der Waals surface area contributed by atoms with Gasteiger partial charge in [-0.05, 0) is 18.2 Å². The molecule has 26 heavy (non-hydrogen) atoms. The van der Waals surface area contributed by atoms with Crippen LogP contribution in [0.5, 0.6) is 0 Å². The minimum absolute atomic E-state index is 0.0760. The number of carbonyl (C=O) groups excluding carboxylic acids is 1. The van der Waals surface area contributed by atoms with Crippen LogP contribution in [0.25, 0.3) is 22.2 Å².